The number of carbonyl (C=O) groups is 1. The summed E-state index contributed by atoms with van der Waals surface area (Å²) in [4.78, 5) is 13.6. The molecule has 0 bridgehead atoms. The molecule has 0 spiro atoms. The molecule has 0 saturated carbocycles. The monoisotopic (exact) mass is 306 g/mol. The molecule has 1 amide bonds. The molecule has 120 valence electrons. The van der Waals surface area contributed by atoms with Gasteiger partial charge in [-0.15, -0.1) is 0 Å². The topological polar surface area (TPSA) is 82.8 Å². The number of aliphatic hydroxyl groups is 1. The molecular formula is C16H22N2O4. The zero-order valence-corrected chi connectivity index (χ0v) is 13.4. The van der Waals surface area contributed by atoms with Crippen LogP contribution in [0.5, 0.6) is 0 Å². The van der Waals surface area contributed by atoms with Gasteiger partial charge in [0.1, 0.15) is 5.60 Å². The lowest BCUT2D eigenvalue weighted by molar-refractivity contribution is -0.0925. The number of carbonyl (C=O) groups excluding carboxylic acids is 1. The highest BCUT2D eigenvalue weighted by Gasteiger charge is 2.24. The van der Waals surface area contributed by atoms with Crippen molar-refractivity contribution in [2.45, 2.75) is 39.2 Å². The Morgan fingerprint density at radius 2 is 1.95 bits per heavy atom. The lowest BCUT2D eigenvalue weighted by Gasteiger charge is -2.28. The first-order valence-electron chi connectivity index (χ1n) is 6.93. The van der Waals surface area contributed by atoms with Gasteiger partial charge in [-0.2, -0.15) is 5.26 Å². The normalized spacial score (nSPS) is 12.4. The number of ether oxygens (including phenoxy) is 2. The van der Waals surface area contributed by atoms with Gasteiger partial charge in [0.05, 0.1) is 18.2 Å². The summed E-state index contributed by atoms with van der Waals surface area (Å²) in [7, 11) is 1.36. The summed E-state index contributed by atoms with van der Waals surface area (Å²) >= 11 is 0. The summed E-state index contributed by atoms with van der Waals surface area (Å²) < 4.78 is 10.1. The van der Waals surface area contributed by atoms with E-state index in [1.54, 1.807) is 45.0 Å². The Morgan fingerprint density at radius 1 is 1.36 bits per heavy atom. The third-order valence-corrected chi connectivity index (χ3v) is 2.76. The number of hydrogen-bond acceptors (Lipinski definition) is 5. The molecule has 6 heteroatoms. The highest BCUT2D eigenvalue weighted by Crippen LogP contribution is 2.14. The Labute approximate surface area is 130 Å². The van der Waals surface area contributed by atoms with Gasteiger partial charge in [-0.3, -0.25) is 4.90 Å². The van der Waals surface area contributed by atoms with Crippen LogP contribution in [0.25, 0.3) is 0 Å². The number of methoxy groups -OCH3 is 1. The smallest absolute Gasteiger partial charge is 0.410 e. The van der Waals surface area contributed by atoms with Crippen LogP contribution < -0.4 is 0 Å². The number of rotatable bonds is 5. The maximum atomic E-state index is 12.2. The van der Waals surface area contributed by atoms with Crippen molar-refractivity contribution in [3.05, 3.63) is 35.4 Å². The lowest BCUT2D eigenvalue weighted by Crippen LogP contribution is -2.41. The van der Waals surface area contributed by atoms with Gasteiger partial charge in [0.2, 0.25) is 0 Å². The molecule has 0 aliphatic carbocycles. The van der Waals surface area contributed by atoms with Gasteiger partial charge in [0.15, 0.2) is 6.29 Å². The highest BCUT2D eigenvalue weighted by molar-refractivity contribution is 5.68. The minimum atomic E-state index is -1.09. The number of benzene rings is 1. The third-order valence-electron chi connectivity index (χ3n) is 2.76. The summed E-state index contributed by atoms with van der Waals surface area (Å²) in [5.74, 6) is 0. The molecule has 22 heavy (non-hydrogen) atoms. The van der Waals surface area contributed by atoms with E-state index in [1.807, 2.05) is 6.07 Å². The second-order valence-electron chi connectivity index (χ2n) is 5.86. The average molecular weight is 306 g/mol. The highest BCUT2D eigenvalue weighted by atomic mass is 16.6. The fraction of sp³-hybridized carbons (Fsp3) is 0.500. The predicted molar refractivity (Wildman–Crippen MR) is 80.8 cm³/mol. The number of nitrogens with zero attached hydrogens (tertiary/aromatic N) is 2. The van der Waals surface area contributed by atoms with E-state index in [0.29, 0.717) is 5.56 Å². The van der Waals surface area contributed by atoms with Gasteiger partial charge in [0.25, 0.3) is 0 Å². The second-order valence-corrected chi connectivity index (χ2v) is 5.86. The molecule has 0 aliphatic rings. The van der Waals surface area contributed by atoms with Crippen molar-refractivity contribution >= 4 is 6.09 Å². The predicted octanol–water partition coefficient (Wildman–Crippen LogP) is 2.26. The SMILES string of the molecule is COC(O)CN(Cc1ccc(C#N)cc1)C(=O)OC(C)(C)C. The lowest BCUT2D eigenvalue weighted by atomic mass is 10.1. The number of nitriles is 1. The fourth-order valence-electron chi connectivity index (χ4n) is 1.70. The van der Waals surface area contributed by atoms with Gasteiger partial charge >= 0.3 is 6.09 Å². The van der Waals surface area contributed by atoms with Gasteiger partial charge in [0, 0.05) is 13.7 Å². The van der Waals surface area contributed by atoms with Crippen LogP contribution in [-0.4, -0.2) is 41.6 Å². The molecule has 0 radical (unpaired) electrons. The van der Waals surface area contributed by atoms with E-state index in [1.165, 1.54) is 12.0 Å². The molecule has 0 heterocycles. The van der Waals surface area contributed by atoms with E-state index in [0.717, 1.165) is 5.56 Å². The Balaban J connectivity index is 2.84. The van der Waals surface area contributed by atoms with Crippen LogP contribution in [0.4, 0.5) is 4.79 Å². The first-order chi connectivity index (χ1) is 10.2. The van der Waals surface area contributed by atoms with E-state index in [-0.39, 0.29) is 13.1 Å². The molecular weight excluding hydrogens is 284 g/mol. The van der Waals surface area contributed by atoms with Crippen LogP contribution in [0.15, 0.2) is 24.3 Å². The van der Waals surface area contributed by atoms with Crippen molar-refractivity contribution in [3.8, 4) is 6.07 Å². The first kappa shape index (κ1) is 18.0. The summed E-state index contributed by atoms with van der Waals surface area (Å²) in [6, 6.07) is 8.91. The quantitative estimate of drug-likeness (QED) is 0.844. The van der Waals surface area contributed by atoms with Gasteiger partial charge in [-0.25, -0.2) is 4.79 Å². The molecule has 1 aromatic rings. The largest absolute Gasteiger partial charge is 0.444 e. The zero-order chi connectivity index (χ0) is 16.8. The van der Waals surface area contributed by atoms with E-state index in [2.05, 4.69) is 0 Å². The van der Waals surface area contributed by atoms with Crippen molar-refractivity contribution in [1.29, 1.82) is 5.26 Å². The van der Waals surface area contributed by atoms with Crippen LogP contribution in [0.1, 0.15) is 31.9 Å². The Kier molecular flexibility index (Phi) is 6.35. The summed E-state index contributed by atoms with van der Waals surface area (Å²) in [6.45, 7) is 5.57. The van der Waals surface area contributed by atoms with Crippen molar-refractivity contribution in [3.63, 3.8) is 0 Å². The van der Waals surface area contributed by atoms with Crippen molar-refractivity contribution in [2.75, 3.05) is 13.7 Å². The van der Waals surface area contributed by atoms with Gasteiger partial charge < -0.3 is 14.6 Å². The number of aliphatic hydroxyl groups excluding tert-OH is 1. The van der Waals surface area contributed by atoms with Crippen molar-refractivity contribution in [1.82, 2.24) is 4.90 Å². The minimum absolute atomic E-state index is 0.00852. The van der Waals surface area contributed by atoms with Crippen LogP contribution in [0.2, 0.25) is 0 Å². The Hall–Kier alpha value is -2.10. The molecule has 1 atom stereocenters. The second kappa shape index (κ2) is 7.78. The van der Waals surface area contributed by atoms with E-state index >= 15 is 0 Å². The fourth-order valence-corrected chi connectivity index (χ4v) is 1.70. The molecule has 1 N–H and O–H groups in total. The van der Waals surface area contributed by atoms with E-state index < -0.39 is 18.0 Å². The molecule has 0 fully saturated rings. The number of amides is 1. The molecule has 0 aromatic heterocycles. The maximum absolute atomic E-state index is 12.2. The molecule has 1 aromatic carbocycles. The minimum Gasteiger partial charge on any atom is -0.444 e. The molecule has 6 nitrogen and oxygen atoms in total. The van der Waals surface area contributed by atoms with Crippen molar-refractivity contribution < 1.29 is 19.4 Å². The van der Waals surface area contributed by atoms with Gasteiger partial charge in [-0.05, 0) is 38.5 Å². The average Bonchev–Trinajstić information content (AvgIpc) is 2.45. The Morgan fingerprint density at radius 3 is 2.41 bits per heavy atom. The first-order valence-corrected chi connectivity index (χ1v) is 6.93. The molecule has 0 saturated heterocycles. The molecule has 1 unspecified atom stereocenters. The number of hydrogen-bond donors (Lipinski definition) is 1. The maximum Gasteiger partial charge on any atom is 0.410 e. The standard InChI is InChI=1S/C16H22N2O4/c1-16(2,3)22-15(20)18(11-14(19)21-4)10-13-7-5-12(9-17)6-8-13/h5-8,14,19H,10-11H2,1-4H3. The van der Waals surface area contributed by atoms with Crippen LogP contribution in [-0.2, 0) is 16.0 Å². The summed E-state index contributed by atoms with van der Waals surface area (Å²) in [6.07, 6.45) is -1.63. The zero-order valence-electron chi connectivity index (χ0n) is 13.4. The van der Waals surface area contributed by atoms with Crippen LogP contribution in [0.3, 0.4) is 0 Å². The molecule has 0 aliphatic heterocycles. The van der Waals surface area contributed by atoms with Crippen LogP contribution >= 0.6 is 0 Å². The summed E-state index contributed by atoms with van der Waals surface area (Å²) in [5, 5.41) is 18.4. The van der Waals surface area contributed by atoms with Crippen molar-refractivity contribution in [2.24, 2.45) is 0 Å². The third kappa shape index (κ3) is 6.12. The van der Waals surface area contributed by atoms with Crippen LogP contribution in [0, 0.1) is 11.3 Å². The summed E-state index contributed by atoms with van der Waals surface area (Å²) in [5.41, 5.74) is 0.746. The van der Waals surface area contributed by atoms with E-state index in [9.17, 15) is 9.90 Å². The van der Waals surface area contributed by atoms with E-state index in [4.69, 9.17) is 14.7 Å². The molecule has 1 rings (SSSR count). The Bertz CT molecular complexity index is 529. The van der Waals surface area contributed by atoms with Gasteiger partial charge in [-0.1, -0.05) is 12.1 Å².